The molecule has 0 aliphatic heterocycles. The normalized spacial score (nSPS) is 15.2. The Bertz CT molecular complexity index is 676. The van der Waals surface area contributed by atoms with Gasteiger partial charge in [-0.05, 0) is 30.5 Å². The molecule has 0 spiro atoms. The van der Waals surface area contributed by atoms with Crippen molar-refractivity contribution in [2.24, 2.45) is 0 Å². The Morgan fingerprint density at radius 2 is 1.81 bits per heavy atom. The number of anilines is 1. The van der Waals surface area contributed by atoms with Gasteiger partial charge in [-0.15, -0.1) is 0 Å². The summed E-state index contributed by atoms with van der Waals surface area (Å²) in [5.41, 5.74) is 0.635. The third-order valence-electron chi connectivity index (χ3n) is 3.76. The van der Waals surface area contributed by atoms with Crippen LogP contribution in [0.4, 0.5) is 5.82 Å². The van der Waals surface area contributed by atoms with Gasteiger partial charge in [0.2, 0.25) is 5.91 Å². The molecule has 1 fully saturated rings. The average Bonchev–Trinajstić information content (AvgIpc) is 3.30. The minimum absolute atomic E-state index is 0.0933. The third-order valence-corrected chi connectivity index (χ3v) is 3.76. The fourth-order valence-corrected chi connectivity index (χ4v) is 2.36. The van der Waals surface area contributed by atoms with Gasteiger partial charge in [-0.1, -0.05) is 30.3 Å². The quantitative estimate of drug-likeness (QED) is 0.902. The number of nitrogens with zero attached hydrogens (tertiary/aromatic N) is 1. The number of carboxylic acids is 1. The third kappa shape index (κ3) is 2.50. The molecule has 0 radical (unpaired) electrons. The number of hydrogen-bond donors (Lipinski definition) is 2. The van der Waals surface area contributed by atoms with E-state index in [4.69, 9.17) is 5.11 Å². The molecule has 0 bridgehead atoms. The van der Waals surface area contributed by atoms with Crippen LogP contribution in [0.15, 0.2) is 48.7 Å². The maximum atomic E-state index is 12.4. The summed E-state index contributed by atoms with van der Waals surface area (Å²) in [6.07, 6.45) is 2.87. The van der Waals surface area contributed by atoms with Crippen LogP contribution in [-0.2, 0) is 10.2 Å². The van der Waals surface area contributed by atoms with Crippen LogP contribution in [0.5, 0.6) is 0 Å². The number of amides is 1. The van der Waals surface area contributed by atoms with Gasteiger partial charge in [0.15, 0.2) is 0 Å². The molecule has 21 heavy (non-hydrogen) atoms. The van der Waals surface area contributed by atoms with Crippen molar-refractivity contribution >= 4 is 17.7 Å². The van der Waals surface area contributed by atoms with Crippen LogP contribution >= 0.6 is 0 Å². The van der Waals surface area contributed by atoms with E-state index in [2.05, 4.69) is 10.3 Å². The smallest absolute Gasteiger partial charge is 0.337 e. The highest BCUT2D eigenvalue weighted by atomic mass is 16.4. The van der Waals surface area contributed by atoms with Gasteiger partial charge in [0.25, 0.3) is 0 Å². The van der Waals surface area contributed by atoms with E-state index in [1.807, 2.05) is 30.3 Å². The summed E-state index contributed by atoms with van der Waals surface area (Å²) in [5, 5.41) is 11.6. The maximum Gasteiger partial charge on any atom is 0.337 e. The molecule has 1 aliphatic rings. The summed E-state index contributed by atoms with van der Waals surface area (Å²) < 4.78 is 0. The zero-order chi connectivity index (χ0) is 14.9. The Balaban J connectivity index is 1.76. The lowest BCUT2D eigenvalue weighted by atomic mass is 9.95. The SMILES string of the molecule is O=C(O)c1ccc(NC(=O)C2(c3ccccc3)CC2)nc1. The van der Waals surface area contributed by atoms with E-state index in [1.165, 1.54) is 18.3 Å². The van der Waals surface area contributed by atoms with Crippen LogP contribution < -0.4 is 5.32 Å². The van der Waals surface area contributed by atoms with Gasteiger partial charge in [0.1, 0.15) is 5.82 Å². The minimum Gasteiger partial charge on any atom is -0.478 e. The molecule has 1 heterocycles. The molecule has 0 saturated heterocycles. The second kappa shape index (κ2) is 5.01. The fourth-order valence-electron chi connectivity index (χ4n) is 2.36. The molecule has 2 aromatic rings. The van der Waals surface area contributed by atoms with Crippen LogP contribution in [0.2, 0.25) is 0 Å². The van der Waals surface area contributed by atoms with Crippen molar-refractivity contribution in [3.63, 3.8) is 0 Å². The number of nitrogens with one attached hydrogen (secondary N) is 1. The Kier molecular flexibility index (Phi) is 3.17. The number of carboxylic acid groups (broad SMARTS) is 1. The second-order valence-corrected chi connectivity index (χ2v) is 5.14. The number of benzene rings is 1. The predicted molar refractivity (Wildman–Crippen MR) is 77.2 cm³/mol. The maximum absolute atomic E-state index is 12.4. The van der Waals surface area contributed by atoms with Crippen molar-refractivity contribution in [2.45, 2.75) is 18.3 Å². The highest BCUT2D eigenvalue weighted by Gasteiger charge is 2.51. The Morgan fingerprint density at radius 3 is 2.33 bits per heavy atom. The zero-order valence-electron chi connectivity index (χ0n) is 11.2. The molecule has 106 valence electrons. The first kappa shape index (κ1) is 13.3. The van der Waals surface area contributed by atoms with Crippen LogP contribution in [-0.4, -0.2) is 22.0 Å². The van der Waals surface area contributed by atoms with Gasteiger partial charge in [-0.2, -0.15) is 0 Å². The molecule has 2 N–H and O–H groups in total. The van der Waals surface area contributed by atoms with E-state index in [1.54, 1.807) is 0 Å². The van der Waals surface area contributed by atoms with Crippen molar-refractivity contribution in [3.8, 4) is 0 Å². The van der Waals surface area contributed by atoms with E-state index in [0.29, 0.717) is 5.82 Å². The number of rotatable bonds is 4. The Hall–Kier alpha value is -2.69. The molecule has 1 aliphatic carbocycles. The number of hydrogen-bond acceptors (Lipinski definition) is 3. The summed E-state index contributed by atoms with van der Waals surface area (Å²) in [7, 11) is 0. The number of carbonyl (C=O) groups is 2. The predicted octanol–water partition coefficient (Wildman–Crippen LogP) is 2.45. The first-order valence-corrected chi connectivity index (χ1v) is 6.68. The lowest BCUT2D eigenvalue weighted by molar-refractivity contribution is -0.118. The first-order chi connectivity index (χ1) is 10.1. The molecule has 1 saturated carbocycles. The van der Waals surface area contributed by atoms with Crippen LogP contribution in [0.3, 0.4) is 0 Å². The van der Waals surface area contributed by atoms with Crippen molar-refractivity contribution in [3.05, 3.63) is 59.8 Å². The van der Waals surface area contributed by atoms with Crippen molar-refractivity contribution in [2.75, 3.05) is 5.32 Å². The van der Waals surface area contributed by atoms with E-state index >= 15 is 0 Å². The minimum atomic E-state index is -1.04. The Labute approximate surface area is 121 Å². The standard InChI is InChI=1S/C16H14N2O3/c19-14(20)11-6-7-13(17-10-11)18-15(21)16(8-9-16)12-4-2-1-3-5-12/h1-7,10H,8-9H2,(H,19,20)(H,17,18,21). The van der Waals surface area contributed by atoms with Gasteiger partial charge in [0, 0.05) is 6.20 Å². The van der Waals surface area contributed by atoms with E-state index in [9.17, 15) is 9.59 Å². The number of carbonyl (C=O) groups excluding carboxylic acids is 1. The van der Waals surface area contributed by atoms with Crippen molar-refractivity contribution in [1.29, 1.82) is 0 Å². The molecule has 1 aromatic heterocycles. The molecule has 0 unspecified atom stereocenters. The van der Waals surface area contributed by atoms with Crippen molar-refractivity contribution < 1.29 is 14.7 Å². The molecule has 1 aromatic carbocycles. The first-order valence-electron chi connectivity index (χ1n) is 6.68. The summed E-state index contributed by atoms with van der Waals surface area (Å²) in [6.45, 7) is 0. The highest BCUT2D eigenvalue weighted by molar-refractivity contribution is 6.01. The molecular weight excluding hydrogens is 268 g/mol. The van der Waals surface area contributed by atoms with Crippen LogP contribution in [0, 0.1) is 0 Å². The number of pyridine rings is 1. The number of aromatic nitrogens is 1. The average molecular weight is 282 g/mol. The van der Waals surface area contributed by atoms with Gasteiger partial charge in [0.05, 0.1) is 11.0 Å². The summed E-state index contributed by atoms with van der Waals surface area (Å²) in [4.78, 5) is 27.2. The molecule has 5 heteroatoms. The molecular formula is C16H14N2O3. The highest BCUT2D eigenvalue weighted by Crippen LogP contribution is 2.48. The topological polar surface area (TPSA) is 79.3 Å². The van der Waals surface area contributed by atoms with Crippen LogP contribution in [0.25, 0.3) is 0 Å². The summed E-state index contributed by atoms with van der Waals surface area (Å²) in [5.74, 6) is -0.764. The molecule has 3 rings (SSSR count). The van der Waals surface area contributed by atoms with E-state index in [-0.39, 0.29) is 11.5 Å². The van der Waals surface area contributed by atoms with Crippen molar-refractivity contribution in [1.82, 2.24) is 4.98 Å². The largest absolute Gasteiger partial charge is 0.478 e. The lowest BCUT2D eigenvalue weighted by Crippen LogP contribution is -2.28. The monoisotopic (exact) mass is 282 g/mol. The Morgan fingerprint density at radius 1 is 1.10 bits per heavy atom. The van der Waals surface area contributed by atoms with E-state index in [0.717, 1.165) is 18.4 Å². The fraction of sp³-hybridized carbons (Fsp3) is 0.188. The molecule has 5 nitrogen and oxygen atoms in total. The van der Waals surface area contributed by atoms with Crippen LogP contribution in [0.1, 0.15) is 28.8 Å². The van der Waals surface area contributed by atoms with Gasteiger partial charge >= 0.3 is 5.97 Å². The second-order valence-electron chi connectivity index (χ2n) is 5.14. The van der Waals surface area contributed by atoms with Gasteiger partial charge < -0.3 is 10.4 Å². The van der Waals surface area contributed by atoms with E-state index < -0.39 is 11.4 Å². The number of aromatic carboxylic acids is 1. The van der Waals surface area contributed by atoms with Gasteiger partial charge in [-0.25, -0.2) is 9.78 Å². The summed E-state index contributed by atoms with van der Waals surface area (Å²) in [6, 6.07) is 12.6. The lowest BCUT2D eigenvalue weighted by Gasteiger charge is -2.15. The van der Waals surface area contributed by atoms with Gasteiger partial charge in [-0.3, -0.25) is 4.79 Å². The zero-order valence-corrected chi connectivity index (χ0v) is 11.2. The molecule has 0 atom stereocenters. The molecule has 1 amide bonds. The summed E-state index contributed by atoms with van der Waals surface area (Å²) >= 11 is 0.